The molecule has 0 aliphatic carbocycles. The molecule has 0 aromatic heterocycles. The number of hydrogen-bond donors (Lipinski definition) is 2. The summed E-state index contributed by atoms with van der Waals surface area (Å²) >= 11 is 0. The zero-order valence-corrected chi connectivity index (χ0v) is 14.1. The Balaban J connectivity index is 2.20. The number of hydrogen-bond acceptors (Lipinski definition) is 2. The molecule has 2 N–H and O–H groups in total. The predicted molar refractivity (Wildman–Crippen MR) is 96.2 cm³/mol. The molecule has 0 saturated carbocycles. The number of benzene rings is 2. The average Bonchev–Trinajstić information content (AvgIpc) is 2.63. The van der Waals surface area contributed by atoms with Gasteiger partial charge in [-0.25, -0.2) is 4.39 Å². The Bertz CT molecular complexity index is 740. The molecule has 2 amide bonds. The third-order valence-electron chi connectivity index (χ3n) is 3.53. The largest absolute Gasteiger partial charge is 0.351 e. The van der Waals surface area contributed by atoms with Crippen molar-refractivity contribution >= 4 is 17.9 Å². The highest BCUT2D eigenvalue weighted by molar-refractivity contribution is 6.05. The highest BCUT2D eigenvalue weighted by atomic mass is 19.1. The number of carbonyl (C=O) groups is 2. The molecular weight excluding hydrogens is 319 g/mol. The minimum absolute atomic E-state index is 0.122. The van der Waals surface area contributed by atoms with Crippen LogP contribution in [0.2, 0.25) is 0 Å². The second-order valence-corrected chi connectivity index (χ2v) is 5.54. The van der Waals surface area contributed by atoms with Gasteiger partial charge in [0.05, 0.1) is 0 Å². The third-order valence-corrected chi connectivity index (χ3v) is 3.53. The quantitative estimate of drug-likeness (QED) is 0.598. The molecule has 5 heteroatoms. The van der Waals surface area contributed by atoms with Crippen molar-refractivity contribution in [3.63, 3.8) is 0 Å². The van der Waals surface area contributed by atoms with Gasteiger partial charge in [-0.3, -0.25) is 9.59 Å². The van der Waals surface area contributed by atoms with Gasteiger partial charge in [-0.1, -0.05) is 43.7 Å². The van der Waals surface area contributed by atoms with Gasteiger partial charge in [-0.2, -0.15) is 0 Å². The molecule has 0 bridgehead atoms. The second kappa shape index (κ2) is 9.37. The van der Waals surface area contributed by atoms with E-state index in [0.717, 1.165) is 12.8 Å². The number of unbranched alkanes of at least 4 members (excludes halogenated alkanes) is 1. The molecule has 0 fully saturated rings. The number of halogens is 1. The summed E-state index contributed by atoms with van der Waals surface area (Å²) in [4.78, 5) is 24.7. The molecule has 0 aliphatic heterocycles. The van der Waals surface area contributed by atoms with Crippen LogP contribution in [0.15, 0.2) is 60.3 Å². The van der Waals surface area contributed by atoms with E-state index < -0.39 is 0 Å². The van der Waals surface area contributed by atoms with E-state index in [4.69, 9.17) is 0 Å². The number of amides is 2. The van der Waals surface area contributed by atoms with E-state index in [9.17, 15) is 14.0 Å². The van der Waals surface area contributed by atoms with Crippen molar-refractivity contribution in [3.05, 3.63) is 77.2 Å². The van der Waals surface area contributed by atoms with Crippen LogP contribution in [0.1, 0.15) is 35.7 Å². The zero-order chi connectivity index (χ0) is 18.1. The number of nitrogens with one attached hydrogen (secondary N) is 2. The first-order valence-electron chi connectivity index (χ1n) is 8.22. The summed E-state index contributed by atoms with van der Waals surface area (Å²) in [5, 5.41) is 5.42. The van der Waals surface area contributed by atoms with Crippen molar-refractivity contribution in [1.82, 2.24) is 10.6 Å². The molecule has 0 aliphatic rings. The third kappa shape index (κ3) is 5.88. The Kier molecular flexibility index (Phi) is 6.89. The Hall–Kier alpha value is -2.95. The van der Waals surface area contributed by atoms with Crippen molar-refractivity contribution in [2.45, 2.75) is 19.8 Å². The molecule has 25 heavy (non-hydrogen) atoms. The lowest BCUT2D eigenvalue weighted by Crippen LogP contribution is -2.35. The lowest BCUT2D eigenvalue weighted by molar-refractivity contribution is -0.117. The van der Waals surface area contributed by atoms with E-state index in [1.807, 2.05) is 13.0 Å². The molecular formula is C20H21FN2O2. The van der Waals surface area contributed by atoms with Crippen molar-refractivity contribution in [2.75, 3.05) is 6.54 Å². The zero-order valence-electron chi connectivity index (χ0n) is 14.1. The van der Waals surface area contributed by atoms with Gasteiger partial charge >= 0.3 is 0 Å². The van der Waals surface area contributed by atoms with Crippen LogP contribution in [-0.2, 0) is 4.79 Å². The van der Waals surface area contributed by atoms with Crippen molar-refractivity contribution < 1.29 is 14.0 Å². The van der Waals surface area contributed by atoms with E-state index >= 15 is 0 Å². The Morgan fingerprint density at radius 1 is 1.04 bits per heavy atom. The fourth-order valence-corrected chi connectivity index (χ4v) is 2.14. The first kappa shape index (κ1) is 18.4. The van der Waals surface area contributed by atoms with Gasteiger partial charge in [0.1, 0.15) is 11.5 Å². The summed E-state index contributed by atoms with van der Waals surface area (Å²) in [6, 6.07) is 14.3. The maximum Gasteiger partial charge on any atom is 0.267 e. The van der Waals surface area contributed by atoms with E-state index in [2.05, 4.69) is 10.6 Å². The summed E-state index contributed by atoms with van der Waals surface area (Å²) in [5.74, 6) is -1.11. The van der Waals surface area contributed by atoms with Gasteiger partial charge in [-0.05, 0) is 42.3 Å². The molecule has 0 atom stereocenters. The number of rotatable bonds is 7. The molecule has 2 aromatic carbocycles. The minimum Gasteiger partial charge on any atom is -0.351 e. The van der Waals surface area contributed by atoms with Crippen LogP contribution in [0.3, 0.4) is 0 Å². The van der Waals surface area contributed by atoms with Crippen molar-refractivity contribution in [1.29, 1.82) is 0 Å². The summed E-state index contributed by atoms with van der Waals surface area (Å²) in [6.45, 7) is 2.55. The molecule has 2 aromatic rings. The lowest BCUT2D eigenvalue weighted by atomic mass is 10.1. The van der Waals surface area contributed by atoms with Gasteiger partial charge < -0.3 is 10.6 Å². The van der Waals surface area contributed by atoms with E-state index in [1.165, 1.54) is 18.2 Å². The fraction of sp³-hybridized carbons (Fsp3) is 0.200. The van der Waals surface area contributed by atoms with Gasteiger partial charge in [0.25, 0.3) is 11.8 Å². The SMILES string of the molecule is CCCCNC(=O)/C(=C\c1ccc(F)cc1)NC(=O)c1ccccc1. The van der Waals surface area contributed by atoms with Crippen LogP contribution in [-0.4, -0.2) is 18.4 Å². The van der Waals surface area contributed by atoms with Gasteiger partial charge in [0.2, 0.25) is 0 Å². The highest BCUT2D eigenvalue weighted by Crippen LogP contribution is 2.09. The van der Waals surface area contributed by atoms with Crippen molar-refractivity contribution in [3.8, 4) is 0 Å². The molecule has 4 nitrogen and oxygen atoms in total. The Labute approximate surface area is 146 Å². The maximum atomic E-state index is 13.0. The normalized spacial score (nSPS) is 11.0. The van der Waals surface area contributed by atoms with E-state index in [-0.39, 0.29) is 23.3 Å². The number of carbonyl (C=O) groups excluding carboxylic acids is 2. The van der Waals surface area contributed by atoms with E-state index in [0.29, 0.717) is 17.7 Å². The van der Waals surface area contributed by atoms with Crippen LogP contribution >= 0.6 is 0 Å². The second-order valence-electron chi connectivity index (χ2n) is 5.54. The van der Waals surface area contributed by atoms with E-state index in [1.54, 1.807) is 36.4 Å². The fourth-order valence-electron chi connectivity index (χ4n) is 2.14. The van der Waals surface area contributed by atoms with Gasteiger partial charge in [-0.15, -0.1) is 0 Å². The lowest BCUT2D eigenvalue weighted by Gasteiger charge is -2.11. The van der Waals surface area contributed by atoms with Crippen LogP contribution < -0.4 is 10.6 Å². The molecule has 0 saturated heterocycles. The summed E-state index contributed by atoms with van der Waals surface area (Å²) in [7, 11) is 0. The smallest absolute Gasteiger partial charge is 0.267 e. The summed E-state index contributed by atoms with van der Waals surface area (Å²) < 4.78 is 13.0. The Morgan fingerprint density at radius 3 is 2.36 bits per heavy atom. The average molecular weight is 340 g/mol. The molecule has 2 rings (SSSR count). The maximum absolute atomic E-state index is 13.0. The monoisotopic (exact) mass is 340 g/mol. The highest BCUT2D eigenvalue weighted by Gasteiger charge is 2.14. The van der Waals surface area contributed by atoms with Gasteiger partial charge in [0, 0.05) is 12.1 Å². The Morgan fingerprint density at radius 2 is 1.72 bits per heavy atom. The molecule has 130 valence electrons. The van der Waals surface area contributed by atoms with Gasteiger partial charge in [0.15, 0.2) is 0 Å². The standard InChI is InChI=1S/C20H21FN2O2/c1-2-3-13-22-20(25)18(14-15-9-11-17(21)12-10-15)23-19(24)16-7-5-4-6-8-16/h4-12,14H,2-3,13H2,1H3,(H,22,25)(H,23,24)/b18-14+. The first-order chi connectivity index (χ1) is 12.1. The molecule has 0 spiro atoms. The predicted octanol–water partition coefficient (Wildman–Crippen LogP) is 3.51. The molecule has 0 radical (unpaired) electrons. The van der Waals surface area contributed by atoms with Crippen LogP contribution in [0.5, 0.6) is 0 Å². The topological polar surface area (TPSA) is 58.2 Å². The summed E-state index contributed by atoms with van der Waals surface area (Å²) in [5.41, 5.74) is 1.20. The van der Waals surface area contributed by atoms with Crippen LogP contribution in [0.4, 0.5) is 4.39 Å². The van der Waals surface area contributed by atoms with Crippen LogP contribution in [0, 0.1) is 5.82 Å². The minimum atomic E-state index is -0.375. The van der Waals surface area contributed by atoms with Crippen molar-refractivity contribution in [2.24, 2.45) is 0 Å². The summed E-state index contributed by atoms with van der Waals surface area (Å²) in [6.07, 6.45) is 3.33. The van der Waals surface area contributed by atoms with Crippen LogP contribution in [0.25, 0.3) is 6.08 Å². The first-order valence-corrected chi connectivity index (χ1v) is 8.22. The molecule has 0 heterocycles. The molecule has 0 unspecified atom stereocenters.